The Kier molecular flexibility index (Phi) is 6.08. The van der Waals surface area contributed by atoms with E-state index in [4.69, 9.17) is 5.73 Å². The summed E-state index contributed by atoms with van der Waals surface area (Å²) in [6, 6.07) is 10.4. The lowest BCUT2D eigenvalue weighted by Gasteiger charge is -2.43. The molecule has 1 atom stereocenters. The third-order valence-corrected chi connectivity index (χ3v) is 7.97. The highest BCUT2D eigenvalue weighted by atomic mass is 32.2. The molecule has 2 N–H and O–H groups in total. The normalized spacial score (nSPS) is 20.0. The molecule has 9 heteroatoms. The van der Waals surface area contributed by atoms with Crippen LogP contribution in [0.15, 0.2) is 63.3 Å². The van der Waals surface area contributed by atoms with Crippen LogP contribution in [0.4, 0.5) is 11.4 Å². The Labute approximate surface area is 200 Å². The van der Waals surface area contributed by atoms with Crippen molar-refractivity contribution in [3.05, 3.63) is 73.4 Å². The van der Waals surface area contributed by atoms with E-state index in [1.54, 1.807) is 28.8 Å². The molecule has 0 fully saturated rings. The van der Waals surface area contributed by atoms with E-state index in [2.05, 4.69) is 13.0 Å². The number of thioether (sulfide) groups is 1. The van der Waals surface area contributed by atoms with Gasteiger partial charge in [0.1, 0.15) is 5.82 Å². The number of nitrogens with zero attached hydrogens (tertiary/aromatic N) is 3. The lowest BCUT2D eigenvalue weighted by molar-refractivity contribution is -0.384. The predicted octanol–water partition coefficient (Wildman–Crippen LogP) is 5.71. The molecule has 0 bridgehead atoms. The second kappa shape index (κ2) is 8.69. The molecular formula is C24H24N4O3S2. The Morgan fingerprint density at radius 3 is 2.79 bits per heavy atom. The number of nitrogens with two attached hydrogens (primary N) is 1. The minimum atomic E-state index is -0.530. The molecule has 2 heterocycles. The van der Waals surface area contributed by atoms with Gasteiger partial charge in [-0.25, -0.2) is 0 Å². The maximum absolute atomic E-state index is 13.6. The summed E-state index contributed by atoms with van der Waals surface area (Å²) in [6.07, 6.45) is 0.930. The van der Waals surface area contributed by atoms with Crippen LogP contribution in [0, 0.1) is 26.9 Å². The van der Waals surface area contributed by atoms with Crippen molar-refractivity contribution in [1.29, 1.82) is 5.26 Å². The van der Waals surface area contributed by atoms with E-state index < -0.39 is 10.8 Å². The van der Waals surface area contributed by atoms with Crippen LogP contribution in [-0.2, 0) is 4.79 Å². The molecule has 0 unspecified atom stereocenters. The van der Waals surface area contributed by atoms with Gasteiger partial charge >= 0.3 is 0 Å². The van der Waals surface area contributed by atoms with Crippen LogP contribution in [0.1, 0.15) is 44.4 Å². The summed E-state index contributed by atoms with van der Waals surface area (Å²) < 4.78 is 0. The van der Waals surface area contributed by atoms with E-state index in [0.717, 1.165) is 21.2 Å². The van der Waals surface area contributed by atoms with Crippen LogP contribution >= 0.6 is 23.1 Å². The number of non-ortho nitro benzene ring substituents is 1. The fraction of sp³-hybridized carbons (Fsp3) is 0.333. The predicted molar refractivity (Wildman–Crippen MR) is 131 cm³/mol. The van der Waals surface area contributed by atoms with Crippen molar-refractivity contribution in [2.24, 2.45) is 11.1 Å². The second-order valence-corrected chi connectivity index (χ2v) is 11.1. The first-order valence-electron chi connectivity index (χ1n) is 10.6. The zero-order valence-corrected chi connectivity index (χ0v) is 20.3. The van der Waals surface area contributed by atoms with Gasteiger partial charge in [-0.3, -0.25) is 19.8 Å². The number of anilines is 1. The standard InChI is InChI=1S/C24H24N4O3S2/c1-4-32-19-8-9-33-22(19)20-16(13-25)23(26)27(14-6-5-7-15(10-14)28(30)31)17-11-24(2,3)12-18(29)21(17)20/h5-10,20H,4,11-12,26H2,1-3H3/t20-/m0/s1. The number of hydrogen-bond donors (Lipinski definition) is 1. The summed E-state index contributed by atoms with van der Waals surface area (Å²) in [4.78, 5) is 28.2. The summed E-state index contributed by atoms with van der Waals surface area (Å²) in [5, 5.41) is 23.6. The van der Waals surface area contributed by atoms with Gasteiger partial charge in [0.25, 0.3) is 5.69 Å². The van der Waals surface area contributed by atoms with Gasteiger partial charge in [-0.1, -0.05) is 26.8 Å². The number of thiophene rings is 1. The average molecular weight is 481 g/mol. The van der Waals surface area contributed by atoms with E-state index in [1.165, 1.54) is 23.5 Å². The third kappa shape index (κ3) is 4.05. The van der Waals surface area contributed by atoms with Crippen LogP contribution in [0.5, 0.6) is 0 Å². The average Bonchev–Trinajstić information content (AvgIpc) is 3.20. The minimum Gasteiger partial charge on any atom is -0.384 e. The molecule has 170 valence electrons. The molecule has 2 aliphatic rings. The van der Waals surface area contributed by atoms with Gasteiger partial charge in [0.15, 0.2) is 5.78 Å². The monoisotopic (exact) mass is 480 g/mol. The van der Waals surface area contributed by atoms with Crippen LogP contribution in [-0.4, -0.2) is 16.5 Å². The van der Waals surface area contributed by atoms with Gasteiger partial charge in [-0.2, -0.15) is 5.26 Å². The van der Waals surface area contributed by atoms with Crippen LogP contribution < -0.4 is 10.6 Å². The summed E-state index contributed by atoms with van der Waals surface area (Å²) >= 11 is 3.20. The van der Waals surface area contributed by atoms with E-state index >= 15 is 0 Å². The SMILES string of the molecule is CCSc1ccsc1[C@H]1C(C#N)=C(N)N(c2cccc([N+](=O)[O-])c2)C2=C1C(=O)CC(C)(C)C2. The Morgan fingerprint density at radius 2 is 2.12 bits per heavy atom. The lowest BCUT2D eigenvalue weighted by atomic mass is 9.69. The van der Waals surface area contributed by atoms with Gasteiger partial charge in [0.05, 0.1) is 28.2 Å². The quantitative estimate of drug-likeness (QED) is 0.331. The van der Waals surface area contributed by atoms with Crippen molar-refractivity contribution < 1.29 is 9.72 Å². The zero-order chi connectivity index (χ0) is 23.9. The summed E-state index contributed by atoms with van der Waals surface area (Å²) in [6.45, 7) is 6.11. The number of rotatable bonds is 5. The van der Waals surface area contributed by atoms with Crippen LogP contribution in [0.3, 0.4) is 0 Å². The maximum atomic E-state index is 13.6. The molecule has 0 amide bonds. The molecule has 1 aliphatic carbocycles. The van der Waals surface area contributed by atoms with Crippen molar-refractivity contribution >= 4 is 40.3 Å². The van der Waals surface area contributed by atoms with Gasteiger partial charge in [-0.05, 0) is 35.1 Å². The van der Waals surface area contributed by atoms with E-state index in [9.17, 15) is 20.2 Å². The molecule has 2 aromatic rings. The number of ketones is 1. The summed E-state index contributed by atoms with van der Waals surface area (Å²) in [5.41, 5.74) is 8.30. The topological polar surface area (TPSA) is 113 Å². The smallest absolute Gasteiger partial charge is 0.271 e. The number of carbonyl (C=O) groups is 1. The van der Waals surface area contributed by atoms with E-state index in [-0.39, 0.29) is 22.7 Å². The molecule has 33 heavy (non-hydrogen) atoms. The lowest BCUT2D eigenvalue weighted by Crippen LogP contribution is -2.42. The van der Waals surface area contributed by atoms with Crippen molar-refractivity contribution in [3.8, 4) is 6.07 Å². The fourth-order valence-corrected chi connectivity index (χ4v) is 6.66. The number of nitro benzene ring substituents is 1. The molecule has 1 aromatic carbocycles. The first-order chi connectivity index (χ1) is 15.7. The molecule has 0 spiro atoms. The Balaban J connectivity index is 1.99. The Bertz CT molecular complexity index is 1250. The number of allylic oxidation sites excluding steroid dienone is 3. The molecule has 0 saturated heterocycles. The number of nitro groups is 1. The molecule has 7 nitrogen and oxygen atoms in total. The largest absolute Gasteiger partial charge is 0.384 e. The van der Waals surface area contributed by atoms with Gasteiger partial charge in [-0.15, -0.1) is 23.1 Å². The van der Waals surface area contributed by atoms with Gasteiger partial charge in [0, 0.05) is 39.6 Å². The van der Waals surface area contributed by atoms with Gasteiger partial charge < -0.3 is 5.73 Å². The molecule has 0 radical (unpaired) electrons. The minimum absolute atomic E-state index is 0.0113. The number of carbonyl (C=O) groups excluding carboxylic acids is 1. The zero-order valence-electron chi connectivity index (χ0n) is 18.6. The van der Waals surface area contributed by atoms with E-state index in [1.807, 2.05) is 25.3 Å². The highest BCUT2D eigenvalue weighted by Crippen LogP contribution is 2.52. The maximum Gasteiger partial charge on any atom is 0.271 e. The first-order valence-corrected chi connectivity index (χ1v) is 12.5. The molecule has 1 aromatic heterocycles. The second-order valence-electron chi connectivity index (χ2n) is 8.84. The van der Waals surface area contributed by atoms with Crippen molar-refractivity contribution in [1.82, 2.24) is 0 Å². The highest BCUT2D eigenvalue weighted by molar-refractivity contribution is 7.99. The van der Waals surface area contributed by atoms with Crippen molar-refractivity contribution in [3.63, 3.8) is 0 Å². The van der Waals surface area contributed by atoms with Crippen LogP contribution in [0.25, 0.3) is 0 Å². The molecule has 0 saturated carbocycles. The first kappa shape index (κ1) is 23.1. The molecule has 1 aliphatic heterocycles. The van der Waals surface area contributed by atoms with Crippen molar-refractivity contribution in [2.45, 2.75) is 44.4 Å². The fourth-order valence-electron chi connectivity index (χ4n) is 4.61. The third-order valence-electron chi connectivity index (χ3n) is 5.90. The van der Waals surface area contributed by atoms with Gasteiger partial charge in [0.2, 0.25) is 0 Å². The molecular weight excluding hydrogens is 456 g/mol. The van der Waals surface area contributed by atoms with E-state index in [0.29, 0.717) is 29.7 Å². The number of hydrogen-bond acceptors (Lipinski definition) is 8. The molecule has 4 rings (SSSR count). The van der Waals surface area contributed by atoms with Crippen molar-refractivity contribution in [2.75, 3.05) is 10.7 Å². The Morgan fingerprint density at radius 1 is 1.36 bits per heavy atom. The number of nitriles is 1. The number of benzene rings is 1. The Hall–Kier alpha value is -3.09. The summed E-state index contributed by atoms with van der Waals surface area (Å²) in [7, 11) is 0. The number of Topliss-reactive ketones (excluding diaryl/α,β-unsaturated/α-hetero) is 1. The highest BCUT2D eigenvalue weighted by Gasteiger charge is 2.45. The summed E-state index contributed by atoms with van der Waals surface area (Å²) in [5.74, 6) is 0.540. The van der Waals surface area contributed by atoms with Crippen LogP contribution in [0.2, 0.25) is 0 Å².